The van der Waals surface area contributed by atoms with Gasteiger partial charge in [-0.05, 0) is 31.0 Å². The summed E-state index contributed by atoms with van der Waals surface area (Å²) in [7, 11) is 0. The lowest BCUT2D eigenvalue weighted by atomic mass is 10.1. The molecule has 2 heteroatoms. The Bertz CT molecular complexity index is 279. The number of nitrogens with two attached hydrogens (primary N) is 1. The Morgan fingerprint density at radius 3 is 2.57 bits per heavy atom. The summed E-state index contributed by atoms with van der Waals surface area (Å²) in [5.41, 5.74) is 7.04. The lowest BCUT2D eigenvalue weighted by Crippen LogP contribution is -2.08. The first-order valence-corrected chi connectivity index (χ1v) is 4.87. The summed E-state index contributed by atoms with van der Waals surface area (Å²) in [6.07, 6.45) is 2.63. The van der Waals surface area contributed by atoms with Crippen LogP contribution in [-0.4, -0.2) is 6.61 Å². The van der Waals surface area contributed by atoms with Gasteiger partial charge in [0.1, 0.15) is 5.75 Å². The Hall–Kier alpha value is -1.28. The molecule has 2 N–H and O–H groups in total. The summed E-state index contributed by atoms with van der Waals surface area (Å²) in [5, 5.41) is 0. The maximum Gasteiger partial charge on any atom is 0.119 e. The molecule has 1 atom stereocenters. The predicted octanol–water partition coefficient (Wildman–Crippen LogP) is 2.66. The number of benzene rings is 1. The third kappa shape index (κ3) is 2.89. The summed E-state index contributed by atoms with van der Waals surface area (Å²) in [6, 6.07) is 7.94. The summed E-state index contributed by atoms with van der Waals surface area (Å²) in [6.45, 7) is 6.33. The Morgan fingerprint density at radius 2 is 2.07 bits per heavy atom. The van der Waals surface area contributed by atoms with E-state index in [1.807, 2.05) is 37.3 Å². The summed E-state index contributed by atoms with van der Waals surface area (Å²) in [4.78, 5) is 0. The van der Waals surface area contributed by atoms with Crippen LogP contribution in [0.5, 0.6) is 5.75 Å². The van der Waals surface area contributed by atoms with Crippen LogP contribution in [0.3, 0.4) is 0 Å². The van der Waals surface area contributed by atoms with Crippen molar-refractivity contribution in [3.8, 4) is 5.75 Å². The van der Waals surface area contributed by atoms with E-state index in [-0.39, 0.29) is 6.04 Å². The van der Waals surface area contributed by atoms with Crippen LogP contribution in [-0.2, 0) is 0 Å². The molecule has 14 heavy (non-hydrogen) atoms. The SMILES string of the molecule is C=CC[C@@H](N)c1ccc(OCC)cc1. The highest BCUT2D eigenvalue weighted by Crippen LogP contribution is 2.18. The Labute approximate surface area is 85.4 Å². The van der Waals surface area contributed by atoms with Crippen LogP contribution in [0.15, 0.2) is 36.9 Å². The van der Waals surface area contributed by atoms with Crippen molar-refractivity contribution in [2.45, 2.75) is 19.4 Å². The van der Waals surface area contributed by atoms with Gasteiger partial charge in [0.15, 0.2) is 0 Å². The van der Waals surface area contributed by atoms with Crippen molar-refractivity contribution in [1.82, 2.24) is 0 Å². The molecule has 0 aliphatic heterocycles. The van der Waals surface area contributed by atoms with E-state index in [1.165, 1.54) is 0 Å². The van der Waals surface area contributed by atoms with Gasteiger partial charge in [0.25, 0.3) is 0 Å². The highest BCUT2D eigenvalue weighted by molar-refractivity contribution is 5.29. The smallest absolute Gasteiger partial charge is 0.119 e. The van der Waals surface area contributed by atoms with Crippen molar-refractivity contribution in [3.05, 3.63) is 42.5 Å². The fourth-order valence-electron chi connectivity index (χ4n) is 1.29. The molecule has 1 rings (SSSR count). The molecule has 0 saturated carbocycles. The number of ether oxygens (including phenoxy) is 1. The molecule has 0 unspecified atom stereocenters. The van der Waals surface area contributed by atoms with Gasteiger partial charge in [-0.2, -0.15) is 0 Å². The van der Waals surface area contributed by atoms with E-state index in [4.69, 9.17) is 10.5 Å². The van der Waals surface area contributed by atoms with E-state index in [0.29, 0.717) is 6.61 Å². The molecule has 0 aliphatic rings. The molecule has 0 aromatic heterocycles. The molecule has 0 fully saturated rings. The molecular formula is C12H17NO. The minimum absolute atomic E-state index is 0.0446. The van der Waals surface area contributed by atoms with Crippen LogP contribution >= 0.6 is 0 Å². The third-order valence-electron chi connectivity index (χ3n) is 2.04. The van der Waals surface area contributed by atoms with Crippen molar-refractivity contribution < 1.29 is 4.74 Å². The summed E-state index contributed by atoms with van der Waals surface area (Å²) >= 11 is 0. The van der Waals surface area contributed by atoms with Crippen LogP contribution < -0.4 is 10.5 Å². The second-order valence-electron chi connectivity index (χ2n) is 3.13. The van der Waals surface area contributed by atoms with Crippen LogP contribution in [0.4, 0.5) is 0 Å². The fraction of sp³-hybridized carbons (Fsp3) is 0.333. The summed E-state index contributed by atoms with van der Waals surface area (Å²) < 4.78 is 5.34. The number of hydrogen-bond acceptors (Lipinski definition) is 2. The normalized spacial score (nSPS) is 12.1. The maximum atomic E-state index is 5.92. The van der Waals surface area contributed by atoms with Gasteiger partial charge in [-0.25, -0.2) is 0 Å². The van der Waals surface area contributed by atoms with Gasteiger partial charge in [-0.1, -0.05) is 18.2 Å². The molecule has 0 saturated heterocycles. The fourth-order valence-corrected chi connectivity index (χ4v) is 1.29. The average Bonchev–Trinajstić information content (AvgIpc) is 2.20. The van der Waals surface area contributed by atoms with Crippen molar-refractivity contribution >= 4 is 0 Å². The largest absolute Gasteiger partial charge is 0.494 e. The molecule has 0 bridgehead atoms. The van der Waals surface area contributed by atoms with Crippen molar-refractivity contribution in [2.75, 3.05) is 6.61 Å². The molecule has 1 aromatic rings. The second kappa shape index (κ2) is 5.45. The molecule has 0 amide bonds. The van der Waals surface area contributed by atoms with Crippen LogP contribution in [0.25, 0.3) is 0 Å². The van der Waals surface area contributed by atoms with Gasteiger partial charge in [0.2, 0.25) is 0 Å². The van der Waals surface area contributed by atoms with E-state index < -0.39 is 0 Å². The van der Waals surface area contributed by atoms with Crippen LogP contribution in [0.2, 0.25) is 0 Å². The van der Waals surface area contributed by atoms with E-state index in [0.717, 1.165) is 17.7 Å². The van der Waals surface area contributed by atoms with Crippen molar-refractivity contribution in [3.63, 3.8) is 0 Å². The Balaban J connectivity index is 2.67. The van der Waals surface area contributed by atoms with Gasteiger partial charge < -0.3 is 10.5 Å². The monoisotopic (exact) mass is 191 g/mol. The Morgan fingerprint density at radius 1 is 1.43 bits per heavy atom. The average molecular weight is 191 g/mol. The van der Waals surface area contributed by atoms with E-state index in [2.05, 4.69) is 6.58 Å². The topological polar surface area (TPSA) is 35.2 Å². The zero-order valence-electron chi connectivity index (χ0n) is 8.57. The maximum absolute atomic E-state index is 5.92. The van der Waals surface area contributed by atoms with Gasteiger partial charge in [0.05, 0.1) is 6.61 Å². The highest BCUT2D eigenvalue weighted by atomic mass is 16.5. The van der Waals surface area contributed by atoms with Crippen LogP contribution in [0.1, 0.15) is 24.9 Å². The van der Waals surface area contributed by atoms with Gasteiger partial charge in [-0.3, -0.25) is 0 Å². The van der Waals surface area contributed by atoms with Gasteiger partial charge in [0, 0.05) is 6.04 Å². The third-order valence-corrected chi connectivity index (χ3v) is 2.04. The minimum Gasteiger partial charge on any atom is -0.494 e. The first-order chi connectivity index (χ1) is 6.77. The highest BCUT2D eigenvalue weighted by Gasteiger charge is 2.03. The zero-order valence-corrected chi connectivity index (χ0v) is 8.57. The molecule has 0 aliphatic carbocycles. The minimum atomic E-state index is 0.0446. The molecule has 0 spiro atoms. The number of rotatable bonds is 5. The predicted molar refractivity (Wildman–Crippen MR) is 59.4 cm³/mol. The molecule has 0 radical (unpaired) electrons. The molecular weight excluding hydrogens is 174 g/mol. The number of hydrogen-bond donors (Lipinski definition) is 1. The second-order valence-corrected chi connectivity index (χ2v) is 3.13. The Kier molecular flexibility index (Phi) is 4.20. The molecule has 1 aromatic carbocycles. The first kappa shape index (κ1) is 10.8. The van der Waals surface area contributed by atoms with E-state index >= 15 is 0 Å². The molecule has 0 heterocycles. The summed E-state index contributed by atoms with van der Waals surface area (Å²) in [5.74, 6) is 0.891. The lowest BCUT2D eigenvalue weighted by molar-refractivity contribution is 0.340. The van der Waals surface area contributed by atoms with E-state index in [9.17, 15) is 0 Å². The van der Waals surface area contributed by atoms with Crippen molar-refractivity contribution in [2.24, 2.45) is 5.73 Å². The molecule has 2 nitrogen and oxygen atoms in total. The van der Waals surface area contributed by atoms with Crippen LogP contribution in [0, 0.1) is 0 Å². The zero-order chi connectivity index (χ0) is 10.4. The molecule has 76 valence electrons. The van der Waals surface area contributed by atoms with Gasteiger partial charge >= 0.3 is 0 Å². The van der Waals surface area contributed by atoms with E-state index in [1.54, 1.807) is 0 Å². The first-order valence-electron chi connectivity index (χ1n) is 4.87. The van der Waals surface area contributed by atoms with Gasteiger partial charge in [-0.15, -0.1) is 6.58 Å². The lowest BCUT2D eigenvalue weighted by Gasteiger charge is -2.10. The van der Waals surface area contributed by atoms with Crippen molar-refractivity contribution in [1.29, 1.82) is 0 Å². The quantitative estimate of drug-likeness (QED) is 0.726. The standard InChI is InChI=1S/C12H17NO/c1-3-5-12(13)10-6-8-11(9-7-10)14-4-2/h3,6-9,12H,1,4-5,13H2,2H3/t12-/m1/s1.